The van der Waals surface area contributed by atoms with Crippen LogP contribution in [0.5, 0.6) is 0 Å². The quantitative estimate of drug-likeness (QED) is 0.868. The van der Waals surface area contributed by atoms with Gasteiger partial charge in [0.1, 0.15) is 4.21 Å². The lowest BCUT2D eigenvalue weighted by Crippen LogP contribution is -2.40. The Kier molecular flexibility index (Phi) is 4.39. The molecule has 0 aromatic carbocycles. The highest BCUT2D eigenvalue weighted by Crippen LogP contribution is 2.23. The second-order valence-corrected chi connectivity index (χ2v) is 7.56. The summed E-state index contributed by atoms with van der Waals surface area (Å²) in [5.41, 5.74) is 5.49. The minimum absolute atomic E-state index is 0.0397. The van der Waals surface area contributed by atoms with Crippen LogP contribution < -0.4 is 10.5 Å². The monoisotopic (exact) mass is 290 g/mol. The number of nitrogens with two attached hydrogens (primary N) is 1. The van der Waals surface area contributed by atoms with Crippen LogP contribution in [-0.2, 0) is 21.3 Å². The van der Waals surface area contributed by atoms with E-state index in [2.05, 4.69) is 4.72 Å². The van der Waals surface area contributed by atoms with E-state index in [1.54, 1.807) is 12.1 Å². The second-order valence-electron chi connectivity index (χ2n) is 4.45. The summed E-state index contributed by atoms with van der Waals surface area (Å²) in [6.45, 7) is 2.93. The molecule has 2 heterocycles. The first-order chi connectivity index (χ1) is 8.51. The topological polar surface area (TPSA) is 81.4 Å². The molecule has 2 atom stereocenters. The molecule has 1 aromatic heterocycles. The van der Waals surface area contributed by atoms with Crippen molar-refractivity contribution in [1.82, 2.24) is 4.72 Å². The summed E-state index contributed by atoms with van der Waals surface area (Å²) in [4.78, 5) is 0.871. The summed E-state index contributed by atoms with van der Waals surface area (Å²) in [5, 5.41) is 0. The smallest absolute Gasteiger partial charge is 0.250 e. The van der Waals surface area contributed by atoms with E-state index in [-0.39, 0.29) is 12.1 Å². The predicted molar refractivity (Wildman–Crippen MR) is 71.0 cm³/mol. The molecule has 3 N–H and O–H groups in total. The van der Waals surface area contributed by atoms with Crippen molar-refractivity contribution >= 4 is 21.4 Å². The summed E-state index contributed by atoms with van der Waals surface area (Å²) >= 11 is 1.22. The highest BCUT2D eigenvalue weighted by molar-refractivity contribution is 7.91. The van der Waals surface area contributed by atoms with Gasteiger partial charge < -0.3 is 10.5 Å². The molecule has 1 fully saturated rings. The van der Waals surface area contributed by atoms with Gasteiger partial charge in [0.25, 0.3) is 0 Å². The van der Waals surface area contributed by atoms with E-state index in [1.807, 2.05) is 6.92 Å². The minimum atomic E-state index is -3.42. The predicted octanol–water partition coefficient (Wildman–Crippen LogP) is 1.05. The van der Waals surface area contributed by atoms with Gasteiger partial charge in [-0.15, -0.1) is 11.3 Å². The molecule has 0 bridgehead atoms. The number of nitrogens with one attached hydrogen (secondary N) is 1. The Bertz CT molecular complexity index is 498. The van der Waals surface area contributed by atoms with Crippen LogP contribution in [0.2, 0.25) is 0 Å². The van der Waals surface area contributed by atoms with Crippen molar-refractivity contribution in [2.24, 2.45) is 5.73 Å². The number of hydrogen-bond acceptors (Lipinski definition) is 5. The number of hydrogen-bond donors (Lipinski definition) is 2. The zero-order valence-electron chi connectivity index (χ0n) is 10.3. The molecular formula is C11H18N2O3S2. The van der Waals surface area contributed by atoms with Crippen LogP contribution in [-0.4, -0.2) is 27.2 Å². The molecule has 1 aromatic rings. The Morgan fingerprint density at radius 2 is 2.33 bits per heavy atom. The van der Waals surface area contributed by atoms with Gasteiger partial charge in [-0.3, -0.25) is 0 Å². The van der Waals surface area contributed by atoms with Crippen LogP contribution >= 0.6 is 11.3 Å². The highest BCUT2D eigenvalue weighted by atomic mass is 32.2. The molecule has 5 nitrogen and oxygen atoms in total. The molecule has 0 radical (unpaired) electrons. The lowest BCUT2D eigenvalue weighted by Gasteiger charge is -2.27. The lowest BCUT2D eigenvalue weighted by molar-refractivity contribution is 0.0173. The fourth-order valence-corrected chi connectivity index (χ4v) is 4.53. The molecule has 1 saturated heterocycles. The van der Waals surface area contributed by atoms with Crippen molar-refractivity contribution in [1.29, 1.82) is 0 Å². The Balaban J connectivity index is 2.06. The van der Waals surface area contributed by atoms with E-state index < -0.39 is 10.0 Å². The lowest BCUT2D eigenvalue weighted by atomic mass is 10.1. The average molecular weight is 290 g/mol. The second kappa shape index (κ2) is 5.66. The molecule has 1 aliphatic heterocycles. The molecular weight excluding hydrogens is 272 g/mol. The molecule has 0 aliphatic carbocycles. The van der Waals surface area contributed by atoms with Gasteiger partial charge in [-0.2, -0.15) is 0 Å². The largest absolute Gasteiger partial charge is 0.378 e. The maximum Gasteiger partial charge on any atom is 0.250 e. The van der Waals surface area contributed by atoms with E-state index in [4.69, 9.17) is 10.5 Å². The molecule has 0 saturated carbocycles. The first-order valence-corrected chi connectivity index (χ1v) is 8.24. The van der Waals surface area contributed by atoms with Gasteiger partial charge in [0.2, 0.25) is 10.0 Å². The van der Waals surface area contributed by atoms with Gasteiger partial charge in [0.05, 0.1) is 6.10 Å². The number of sulfonamides is 1. The van der Waals surface area contributed by atoms with Crippen molar-refractivity contribution in [3.05, 3.63) is 17.0 Å². The molecule has 0 spiro atoms. The van der Waals surface area contributed by atoms with Crippen molar-refractivity contribution in [3.8, 4) is 0 Å². The summed E-state index contributed by atoms with van der Waals surface area (Å²) in [7, 11) is -3.42. The van der Waals surface area contributed by atoms with Crippen LogP contribution in [0, 0.1) is 0 Å². The third-order valence-corrected chi connectivity index (χ3v) is 6.03. The first kappa shape index (κ1) is 14.0. The average Bonchev–Trinajstić information content (AvgIpc) is 2.77. The maximum absolute atomic E-state index is 12.2. The Hall–Kier alpha value is -0.470. The van der Waals surface area contributed by atoms with Crippen molar-refractivity contribution < 1.29 is 13.2 Å². The fraction of sp³-hybridized carbons (Fsp3) is 0.636. The third kappa shape index (κ3) is 3.30. The SMILES string of the molecule is CC1CC(NS(=O)(=O)c2ccc(CN)s2)CCO1. The van der Waals surface area contributed by atoms with Gasteiger partial charge in [0, 0.05) is 24.1 Å². The van der Waals surface area contributed by atoms with E-state index in [0.717, 1.165) is 11.3 Å². The van der Waals surface area contributed by atoms with E-state index in [0.29, 0.717) is 23.8 Å². The molecule has 102 valence electrons. The summed E-state index contributed by atoms with van der Waals surface area (Å²) in [5.74, 6) is 0. The third-order valence-electron chi connectivity index (χ3n) is 2.91. The van der Waals surface area contributed by atoms with Crippen molar-refractivity contribution in [3.63, 3.8) is 0 Å². The van der Waals surface area contributed by atoms with Crippen LogP contribution in [0.25, 0.3) is 0 Å². The standard InChI is InChI=1S/C11H18N2O3S2/c1-8-6-9(4-5-16-8)13-18(14,15)11-3-2-10(7-12)17-11/h2-3,8-9,13H,4-7,12H2,1H3. The van der Waals surface area contributed by atoms with Gasteiger partial charge in [-0.25, -0.2) is 13.1 Å². The highest BCUT2D eigenvalue weighted by Gasteiger charge is 2.25. The molecule has 2 rings (SSSR count). The zero-order valence-corrected chi connectivity index (χ0v) is 11.9. The van der Waals surface area contributed by atoms with Gasteiger partial charge in [0.15, 0.2) is 0 Å². The normalized spacial score (nSPS) is 25.2. The van der Waals surface area contributed by atoms with Gasteiger partial charge in [-0.05, 0) is 31.9 Å². The maximum atomic E-state index is 12.2. The fourth-order valence-electron chi connectivity index (χ4n) is 1.99. The van der Waals surface area contributed by atoms with Crippen LogP contribution in [0.1, 0.15) is 24.6 Å². The minimum Gasteiger partial charge on any atom is -0.378 e. The molecule has 1 aliphatic rings. The Morgan fingerprint density at radius 1 is 1.56 bits per heavy atom. The molecule has 7 heteroatoms. The molecule has 0 amide bonds. The van der Waals surface area contributed by atoms with Gasteiger partial charge in [-0.1, -0.05) is 0 Å². The zero-order chi connectivity index (χ0) is 13.2. The van der Waals surface area contributed by atoms with E-state index in [9.17, 15) is 8.42 Å². The van der Waals surface area contributed by atoms with Crippen molar-refractivity contribution in [2.75, 3.05) is 6.61 Å². The number of rotatable bonds is 4. The molecule has 18 heavy (non-hydrogen) atoms. The Morgan fingerprint density at radius 3 is 2.94 bits per heavy atom. The summed E-state index contributed by atoms with van der Waals surface area (Å²) in [6.07, 6.45) is 1.54. The van der Waals surface area contributed by atoms with Crippen LogP contribution in [0.15, 0.2) is 16.3 Å². The summed E-state index contributed by atoms with van der Waals surface area (Å²) in [6, 6.07) is 3.33. The van der Waals surface area contributed by atoms with E-state index in [1.165, 1.54) is 11.3 Å². The van der Waals surface area contributed by atoms with Gasteiger partial charge >= 0.3 is 0 Å². The number of ether oxygens (including phenoxy) is 1. The van der Waals surface area contributed by atoms with E-state index >= 15 is 0 Å². The summed E-state index contributed by atoms with van der Waals surface area (Å²) < 4.78 is 32.8. The Labute approximate surface area is 111 Å². The molecule has 2 unspecified atom stereocenters. The van der Waals surface area contributed by atoms with Crippen molar-refractivity contribution in [2.45, 2.75) is 42.7 Å². The van der Waals surface area contributed by atoms with Crippen LogP contribution in [0.3, 0.4) is 0 Å². The number of thiophene rings is 1. The van der Waals surface area contributed by atoms with Crippen LogP contribution in [0.4, 0.5) is 0 Å². The first-order valence-electron chi connectivity index (χ1n) is 5.94.